The highest BCUT2D eigenvalue weighted by molar-refractivity contribution is 6.36. The Labute approximate surface area is 121 Å². The maximum atomic E-state index is 12.7. The van der Waals surface area contributed by atoms with Crippen molar-refractivity contribution in [3.05, 3.63) is 41.4 Å². The Morgan fingerprint density at radius 2 is 2.00 bits per heavy atom. The van der Waals surface area contributed by atoms with Crippen LogP contribution >= 0.6 is 11.6 Å². The highest BCUT2D eigenvalue weighted by Crippen LogP contribution is 2.52. The smallest absolute Gasteiger partial charge is 0.241 e. The summed E-state index contributed by atoms with van der Waals surface area (Å²) < 4.78 is 5.77. The van der Waals surface area contributed by atoms with E-state index in [1.54, 1.807) is 24.3 Å². The first-order valence-electron chi connectivity index (χ1n) is 6.52. The van der Waals surface area contributed by atoms with Crippen LogP contribution in [0.5, 0.6) is 0 Å². The molecule has 3 heterocycles. The molecule has 0 aromatic heterocycles. The van der Waals surface area contributed by atoms with Crippen LogP contribution < -0.4 is 4.90 Å². The summed E-state index contributed by atoms with van der Waals surface area (Å²) in [6.07, 6.45) is 3.47. The Balaban J connectivity index is 1.82. The van der Waals surface area contributed by atoms with Gasteiger partial charge in [-0.3, -0.25) is 9.59 Å². The molecule has 4 rings (SSSR count). The zero-order valence-electron chi connectivity index (χ0n) is 10.7. The van der Waals surface area contributed by atoms with E-state index in [2.05, 4.69) is 0 Å². The Morgan fingerprint density at radius 1 is 1.25 bits per heavy atom. The third-order valence-electron chi connectivity index (χ3n) is 4.42. The standard InChI is InChI=1S/C15H12ClNO3/c1-15-7-6-10(20-15)11-12(15)14(19)17(13(11)18)9-5-3-2-4-8(9)16/h2-7,10-12H,1H3/t10-,11+,12+,15-/m0/s1. The Hall–Kier alpha value is -1.65. The molecule has 0 radical (unpaired) electrons. The zero-order valence-corrected chi connectivity index (χ0v) is 11.5. The number of benzene rings is 1. The summed E-state index contributed by atoms with van der Waals surface area (Å²) >= 11 is 6.12. The van der Waals surface area contributed by atoms with Gasteiger partial charge in [-0.25, -0.2) is 4.90 Å². The average Bonchev–Trinajstić information content (AvgIpc) is 3.01. The van der Waals surface area contributed by atoms with Crippen molar-refractivity contribution in [1.82, 2.24) is 0 Å². The first kappa shape index (κ1) is 12.1. The van der Waals surface area contributed by atoms with Gasteiger partial charge in [-0.2, -0.15) is 0 Å². The number of fused-ring (bicyclic) bond motifs is 5. The van der Waals surface area contributed by atoms with Crippen molar-refractivity contribution in [2.24, 2.45) is 11.8 Å². The molecule has 2 saturated heterocycles. The third-order valence-corrected chi connectivity index (χ3v) is 4.74. The number of halogens is 1. The Bertz CT molecular complexity index is 671. The Kier molecular flexibility index (Phi) is 2.25. The average molecular weight is 290 g/mol. The summed E-state index contributed by atoms with van der Waals surface area (Å²) in [6, 6.07) is 6.91. The lowest BCUT2D eigenvalue weighted by atomic mass is 9.78. The van der Waals surface area contributed by atoms with Crippen LogP contribution in [0.15, 0.2) is 36.4 Å². The molecule has 5 heteroatoms. The van der Waals surface area contributed by atoms with Crippen LogP contribution in [0.3, 0.4) is 0 Å². The number of hydrogen-bond acceptors (Lipinski definition) is 3. The minimum Gasteiger partial charge on any atom is -0.362 e. The molecule has 0 N–H and O–H groups in total. The van der Waals surface area contributed by atoms with E-state index in [1.165, 1.54) is 4.90 Å². The van der Waals surface area contributed by atoms with E-state index in [-0.39, 0.29) is 17.9 Å². The van der Waals surface area contributed by atoms with Gasteiger partial charge in [0.05, 0.1) is 34.3 Å². The lowest BCUT2D eigenvalue weighted by molar-refractivity contribution is -0.126. The van der Waals surface area contributed by atoms with Crippen LogP contribution in [0.2, 0.25) is 5.02 Å². The molecule has 0 saturated carbocycles. The molecule has 3 aliphatic rings. The van der Waals surface area contributed by atoms with E-state index in [0.717, 1.165) is 0 Å². The number of carbonyl (C=O) groups is 2. The summed E-state index contributed by atoms with van der Waals surface area (Å²) in [5, 5.41) is 0.403. The topological polar surface area (TPSA) is 46.6 Å². The summed E-state index contributed by atoms with van der Waals surface area (Å²) in [4.78, 5) is 26.5. The number of hydrogen-bond donors (Lipinski definition) is 0. The fraction of sp³-hybridized carbons (Fsp3) is 0.333. The number of para-hydroxylation sites is 1. The van der Waals surface area contributed by atoms with Crippen molar-refractivity contribution in [3.63, 3.8) is 0 Å². The van der Waals surface area contributed by atoms with E-state index in [9.17, 15) is 9.59 Å². The number of imide groups is 1. The van der Waals surface area contributed by atoms with Gasteiger partial charge in [0.15, 0.2) is 0 Å². The van der Waals surface area contributed by atoms with Crippen LogP contribution in [0.4, 0.5) is 5.69 Å². The molecule has 2 bridgehead atoms. The van der Waals surface area contributed by atoms with Gasteiger partial charge < -0.3 is 4.74 Å². The van der Waals surface area contributed by atoms with Gasteiger partial charge in [0, 0.05) is 0 Å². The minimum atomic E-state index is -0.669. The predicted molar refractivity (Wildman–Crippen MR) is 73.3 cm³/mol. The summed E-state index contributed by atoms with van der Waals surface area (Å²) in [5.74, 6) is -1.30. The maximum Gasteiger partial charge on any atom is 0.241 e. The molecule has 20 heavy (non-hydrogen) atoms. The molecule has 1 aromatic rings. The minimum absolute atomic E-state index is 0.217. The van der Waals surface area contributed by atoms with E-state index in [0.29, 0.717) is 10.7 Å². The monoisotopic (exact) mass is 289 g/mol. The lowest BCUT2D eigenvalue weighted by Crippen LogP contribution is -2.38. The zero-order chi connectivity index (χ0) is 14.1. The molecular weight excluding hydrogens is 278 g/mol. The molecule has 0 spiro atoms. The van der Waals surface area contributed by atoms with Gasteiger partial charge in [0.2, 0.25) is 11.8 Å². The second kappa shape index (κ2) is 3.71. The van der Waals surface area contributed by atoms with Crippen LogP contribution in [0.1, 0.15) is 6.92 Å². The van der Waals surface area contributed by atoms with Gasteiger partial charge >= 0.3 is 0 Å². The molecule has 4 atom stereocenters. The second-order valence-corrected chi connectivity index (χ2v) is 6.00. The third kappa shape index (κ3) is 1.30. The van der Waals surface area contributed by atoms with Gasteiger partial charge in [0.25, 0.3) is 0 Å². The van der Waals surface area contributed by atoms with Crippen molar-refractivity contribution in [3.8, 4) is 0 Å². The van der Waals surface area contributed by atoms with E-state index in [1.807, 2.05) is 19.1 Å². The van der Waals surface area contributed by atoms with E-state index >= 15 is 0 Å². The van der Waals surface area contributed by atoms with Crippen molar-refractivity contribution in [2.75, 3.05) is 4.90 Å². The number of carbonyl (C=O) groups excluding carboxylic acids is 2. The first-order valence-corrected chi connectivity index (χ1v) is 6.90. The summed E-state index contributed by atoms with van der Waals surface area (Å²) in [6.45, 7) is 1.86. The fourth-order valence-corrected chi connectivity index (χ4v) is 3.74. The highest BCUT2D eigenvalue weighted by atomic mass is 35.5. The van der Waals surface area contributed by atoms with Crippen molar-refractivity contribution in [2.45, 2.75) is 18.6 Å². The normalized spacial score (nSPS) is 37.9. The molecule has 3 aliphatic heterocycles. The molecule has 1 aromatic carbocycles. The maximum absolute atomic E-state index is 12.7. The molecule has 4 nitrogen and oxygen atoms in total. The highest BCUT2D eigenvalue weighted by Gasteiger charge is 2.66. The lowest BCUT2D eigenvalue weighted by Gasteiger charge is -2.24. The van der Waals surface area contributed by atoms with E-state index < -0.39 is 17.4 Å². The van der Waals surface area contributed by atoms with Crippen molar-refractivity contribution >= 4 is 29.1 Å². The number of ether oxygens (including phenoxy) is 1. The van der Waals surface area contributed by atoms with Crippen LogP contribution in [-0.2, 0) is 14.3 Å². The Morgan fingerprint density at radius 3 is 2.70 bits per heavy atom. The number of anilines is 1. The van der Waals surface area contributed by atoms with Crippen LogP contribution in [0.25, 0.3) is 0 Å². The van der Waals surface area contributed by atoms with Crippen molar-refractivity contribution < 1.29 is 14.3 Å². The van der Waals surface area contributed by atoms with Crippen LogP contribution in [-0.4, -0.2) is 23.5 Å². The predicted octanol–water partition coefficient (Wildman–Crippen LogP) is 2.17. The molecular formula is C15H12ClNO3. The number of amides is 2. The molecule has 102 valence electrons. The van der Waals surface area contributed by atoms with E-state index in [4.69, 9.17) is 16.3 Å². The van der Waals surface area contributed by atoms with Gasteiger partial charge in [-0.1, -0.05) is 35.9 Å². The fourth-order valence-electron chi connectivity index (χ4n) is 3.52. The molecule has 2 amide bonds. The van der Waals surface area contributed by atoms with Gasteiger partial charge in [-0.15, -0.1) is 0 Å². The largest absolute Gasteiger partial charge is 0.362 e. The summed E-state index contributed by atoms with van der Waals surface area (Å²) in [7, 11) is 0. The van der Waals surface area contributed by atoms with Gasteiger partial charge in [-0.05, 0) is 19.1 Å². The summed E-state index contributed by atoms with van der Waals surface area (Å²) in [5.41, 5.74) is -0.209. The number of nitrogens with zero attached hydrogens (tertiary/aromatic N) is 1. The second-order valence-electron chi connectivity index (χ2n) is 5.59. The number of rotatable bonds is 1. The SMILES string of the molecule is C[C@@]12C=C[C@H](O1)[C@H]1C(=O)N(c3ccccc3Cl)C(=O)[C@@H]12. The molecule has 2 fully saturated rings. The molecule has 0 unspecified atom stereocenters. The molecule has 0 aliphatic carbocycles. The van der Waals surface area contributed by atoms with Crippen molar-refractivity contribution in [1.29, 1.82) is 0 Å². The first-order chi connectivity index (χ1) is 9.53. The van der Waals surface area contributed by atoms with Gasteiger partial charge in [0.1, 0.15) is 0 Å². The van der Waals surface area contributed by atoms with Crippen LogP contribution in [0, 0.1) is 11.8 Å². The quantitative estimate of drug-likeness (QED) is 0.588.